The van der Waals surface area contributed by atoms with Crippen LogP contribution in [-0.2, 0) is 26.0 Å². The van der Waals surface area contributed by atoms with Crippen LogP contribution in [-0.4, -0.2) is 18.3 Å². The molecule has 0 amide bonds. The molecular weight excluding hydrogens is 307 g/mol. The number of benzene rings is 1. The lowest BCUT2D eigenvalue weighted by molar-refractivity contribution is 0.268. The Bertz CT molecular complexity index is 471. The van der Waals surface area contributed by atoms with E-state index in [0.717, 1.165) is 17.3 Å². The summed E-state index contributed by atoms with van der Waals surface area (Å²) in [7, 11) is -0.925. The lowest BCUT2D eigenvalue weighted by atomic mass is 9.78. The van der Waals surface area contributed by atoms with Crippen molar-refractivity contribution in [1.29, 1.82) is 0 Å². The normalized spacial score (nSPS) is 12.9. The Morgan fingerprint density at radius 1 is 0.870 bits per heavy atom. The summed E-state index contributed by atoms with van der Waals surface area (Å²) in [6, 6.07) is 4.22. The van der Waals surface area contributed by atoms with Crippen molar-refractivity contribution in [1.82, 2.24) is 0 Å². The lowest BCUT2D eigenvalue weighted by Gasteiger charge is -2.28. The third-order valence-electron chi connectivity index (χ3n) is 3.64. The van der Waals surface area contributed by atoms with Crippen LogP contribution < -0.4 is 0 Å². The van der Waals surface area contributed by atoms with Crippen molar-refractivity contribution in [2.45, 2.75) is 72.4 Å². The molecule has 0 unspecified atom stereocenters. The van der Waals surface area contributed by atoms with E-state index in [1.165, 1.54) is 5.56 Å². The van der Waals surface area contributed by atoms with E-state index in [0.29, 0.717) is 19.0 Å². The first kappa shape index (κ1) is 20.4. The van der Waals surface area contributed by atoms with Gasteiger partial charge in [0.25, 0.3) is 0 Å². The van der Waals surface area contributed by atoms with E-state index in [1.807, 2.05) is 13.8 Å². The van der Waals surface area contributed by atoms with Crippen LogP contribution in [0.2, 0.25) is 0 Å². The Hall–Kier alpha value is -0.630. The summed E-state index contributed by atoms with van der Waals surface area (Å²) in [5.74, 6) is 0.422. The number of hydrogen-bond donors (Lipinski definition) is 1. The molecule has 0 aromatic heterocycles. The SMILES string of the molecule is CCOP(Cc1cc(C(C)(C)C)c(O)c(C(C)(C)C)c1)OCC. The van der Waals surface area contributed by atoms with Crippen LogP contribution in [0, 0.1) is 0 Å². The van der Waals surface area contributed by atoms with Crippen LogP contribution in [0.3, 0.4) is 0 Å². The molecule has 1 N–H and O–H groups in total. The molecular formula is C19H33O3P. The number of phenols is 1. The first-order valence-corrected chi connectivity index (χ1v) is 9.77. The minimum atomic E-state index is -0.925. The van der Waals surface area contributed by atoms with Gasteiger partial charge in [-0.15, -0.1) is 0 Å². The molecule has 0 aliphatic rings. The maximum absolute atomic E-state index is 10.8. The molecule has 0 atom stereocenters. The first-order chi connectivity index (χ1) is 10.5. The van der Waals surface area contributed by atoms with Crippen LogP contribution in [0.1, 0.15) is 72.1 Å². The van der Waals surface area contributed by atoms with Crippen molar-refractivity contribution in [3.05, 3.63) is 28.8 Å². The van der Waals surface area contributed by atoms with E-state index in [9.17, 15) is 5.11 Å². The summed E-state index contributed by atoms with van der Waals surface area (Å²) in [6.07, 6.45) is 0.753. The van der Waals surface area contributed by atoms with E-state index in [2.05, 4.69) is 53.7 Å². The monoisotopic (exact) mass is 340 g/mol. The highest BCUT2D eigenvalue weighted by Gasteiger charge is 2.27. The van der Waals surface area contributed by atoms with Crippen molar-refractivity contribution < 1.29 is 14.2 Å². The predicted octanol–water partition coefficient (Wildman–Crippen LogP) is 5.87. The van der Waals surface area contributed by atoms with Gasteiger partial charge in [0.1, 0.15) is 5.75 Å². The maximum atomic E-state index is 10.8. The van der Waals surface area contributed by atoms with Crippen molar-refractivity contribution in [2.24, 2.45) is 0 Å². The van der Waals surface area contributed by atoms with Crippen LogP contribution >= 0.6 is 8.38 Å². The van der Waals surface area contributed by atoms with Gasteiger partial charge in [-0.05, 0) is 41.4 Å². The van der Waals surface area contributed by atoms with Crippen molar-refractivity contribution in [2.75, 3.05) is 13.2 Å². The topological polar surface area (TPSA) is 38.7 Å². The van der Waals surface area contributed by atoms with E-state index in [4.69, 9.17) is 9.05 Å². The average molecular weight is 340 g/mol. The molecule has 0 saturated heterocycles. The highest BCUT2D eigenvalue weighted by atomic mass is 31.2. The number of hydrogen-bond acceptors (Lipinski definition) is 3. The van der Waals surface area contributed by atoms with E-state index >= 15 is 0 Å². The van der Waals surface area contributed by atoms with Crippen LogP contribution in [0.4, 0.5) is 0 Å². The summed E-state index contributed by atoms with van der Waals surface area (Å²) in [5.41, 5.74) is 2.93. The molecule has 0 aliphatic heterocycles. The van der Waals surface area contributed by atoms with Gasteiger partial charge in [-0.1, -0.05) is 53.7 Å². The Morgan fingerprint density at radius 2 is 1.26 bits per heavy atom. The standard InChI is InChI=1S/C19H33O3P/c1-9-21-23(22-10-2)13-14-11-15(18(3,4)5)17(20)16(12-14)19(6,7)8/h11-12,20H,9-10,13H2,1-8H3. The number of aromatic hydroxyl groups is 1. The second kappa shape index (κ2) is 7.96. The fourth-order valence-corrected chi connectivity index (χ4v) is 3.81. The third kappa shape index (κ3) is 5.74. The van der Waals surface area contributed by atoms with Gasteiger partial charge in [0.05, 0.1) is 13.2 Å². The molecule has 132 valence electrons. The smallest absolute Gasteiger partial charge is 0.175 e. The van der Waals surface area contributed by atoms with Crippen molar-refractivity contribution in [3.63, 3.8) is 0 Å². The molecule has 0 radical (unpaired) electrons. The highest BCUT2D eigenvalue weighted by Crippen LogP contribution is 2.45. The van der Waals surface area contributed by atoms with Crippen LogP contribution in [0.5, 0.6) is 5.75 Å². The van der Waals surface area contributed by atoms with Crippen LogP contribution in [0.25, 0.3) is 0 Å². The molecule has 1 aromatic carbocycles. The van der Waals surface area contributed by atoms with Gasteiger partial charge >= 0.3 is 0 Å². The molecule has 0 spiro atoms. The quantitative estimate of drug-likeness (QED) is 0.658. The van der Waals surface area contributed by atoms with Gasteiger partial charge in [-0.25, -0.2) is 0 Å². The molecule has 0 fully saturated rings. The van der Waals surface area contributed by atoms with Crippen molar-refractivity contribution >= 4 is 8.38 Å². The summed E-state index contributed by atoms with van der Waals surface area (Å²) in [5, 5.41) is 10.8. The summed E-state index contributed by atoms with van der Waals surface area (Å²) >= 11 is 0. The molecule has 23 heavy (non-hydrogen) atoms. The van der Waals surface area contributed by atoms with E-state index < -0.39 is 8.38 Å². The van der Waals surface area contributed by atoms with E-state index in [-0.39, 0.29) is 10.8 Å². The molecule has 0 aliphatic carbocycles. The molecule has 4 heteroatoms. The summed E-state index contributed by atoms with van der Waals surface area (Å²) in [4.78, 5) is 0. The number of rotatable bonds is 6. The fraction of sp³-hybridized carbons (Fsp3) is 0.684. The average Bonchev–Trinajstić information content (AvgIpc) is 2.38. The zero-order valence-electron chi connectivity index (χ0n) is 16.0. The molecule has 1 rings (SSSR count). The summed E-state index contributed by atoms with van der Waals surface area (Å²) in [6.45, 7) is 18.1. The van der Waals surface area contributed by atoms with Gasteiger partial charge in [-0.3, -0.25) is 0 Å². The van der Waals surface area contributed by atoms with Crippen molar-refractivity contribution in [3.8, 4) is 5.75 Å². The summed E-state index contributed by atoms with van der Waals surface area (Å²) < 4.78 is 11.5. The molecule has 0 heterocycles. The van der Waals surface area contributed by atoms with Gasteiger partial charge in [-0.2, -0.15) is 0 Å². The number of phenolic OH excluding ortho intramolecular Hbond substituents is 1. The van der Waals surface area contributed by atoms with Gasteiger partial charge in [0, 0.05) is 6.16 Å². The minimum Gasteiger partial charge on any atom is -0.507 e. The zero-order valence-corrected chi connectivity index (χ0v) is 16.9. The highest BCUT2D eigenvalue weighted by molar-refractivity contribution is 7.46. The largest absolute Gasteiger partial charge is 0.507 e. The minimum absolute atomic E-state index is 0.111. The second-order valence-corrected chi connectivity index (χ2v) is 9.36. The molecule has 0 saturated carbocycles. The molecule has 1 aromatic rings. The Kier molecular flexibility index (Phi) is 7.07. The lowest BCUT2D eigenvalue weighted by Crippen LogP contribution is -2.18. The Labute approximate surface area is 143 Å². The second-order valence-electron chi connectivity index (χ2n) is 7.87. The third-order valence-corrected chi connectivity index (χ3v) is 5.36. The Morgan fingerprint density at radius 3 is 1.57 bits per heavy atom. The van der Waals surface area contributed by atoms with E-state index in [1.54, 1.807) is 0 Å². The van der Waals surface area contributed by atoms with Gasteiger partial charge in [0.15, 0.2) is 8.38 Å². The zero-order chi connectivity index (χ0) is 17.8. The van der Waals surface area contributed by atoms with Crippen LogP contribution in [0.15, 0.2) is 12.1 Å². The molecule has 3 nitrogen and oxygen atoms in total. The van der Waals surface area contributed by atoms with Gasteiger partial charge < -0.3 is 14.2 Å². The Balaban J connectivity index is 3.32. The fourth-order valence-electron chi connectivity index (χ4n) is 2.49. The van der Waals surface area contributed by atoms with Gasteiger partial charge in [0.2, 0.25) is 0 Å². The maximum Gasteiger partial charge on any atom is 0.175 e. The first-order valence-electron chi connectivity index (χ1n) is 8.40. The predicted molar refractivity (Wildman–Crippen MR) is 99.4 cm³/mol. The molecule has 0 bridgehead atoms.